The first-order chi connectivity index (χ1) is 15.4. The number of hydrogen-bond acceptors (Lipinski definition) is 5. The highest BCUT2D eigenvalue weighted by molar-refractivity contribution is 7.89. The van der Waals surface area contributed by atoms with Gasteiger partial charge in [-0.1, -0.05) is 44.2 Å². The van der Waals surface area contributed by atoms with Gasteiger partial charge in [-0.25, -0.2) is 8.42 Å². The van der Waals surface area contributed by atoms with E-state index in [1.807, 2.05) is 32.0 Å². The molecule has 0 aliphatic rings. The molecule has 8 heteroatoms. The summed E-state index contributed by atoms with van der Waals surface area (Å²) in [5, 5.41) is 2.86. The van der Waals surface area contributed by atoms with Crippen LogP contribution in [0.3, 0.4) is 0 Å². The van der Waals surface area contributed by atoms with E-state index in [-0.39, 0.29) is 17.3 Å². The quantitative estimate of drug-likeness (QED) is 0.467. The fraction of sp³-hybridized carbons (Fsp3) is 0.458. The van der Waals surface area contributed by atoms with Crippen molar-refractivity contribution in [3.05, 3.63) is 60.2 Å². The van der Waals surface area contributed by atoms with Gasteiger partial charge < -0.3 is 10.1 Å². The molecule has 176 valence electrons. The molecule has 7 nitrogen and oxygen atoms in total. The zero-order valence-corrected chi connectivity index (χ0v) is 20.1. The summed E-state index contributed by atoms with van der Waals surface area (Å²) in [6, 6.07) is 16.6. The van der Waals surface area contributed by atoms with E-state index in [1.54, 1.807) is 19.2 Å². The first-order valence-corrected chi connectivity index (χ1v) is 12.5. The van der Waals surface area contributed by atoms with Crippen molar-refractivity contribution < 1.29 is 17.9 Å². The molecule has 32 heavy (non-hydrogen) atoms. The number of ether oxygens (including phenoxy) is 1. The molecule has 0 aromatic heterocycles. The van der Waals surface area contributed by atoms with Crippen LogP contribution in [0.2, 0.25) is 0 Å². The number of aryl methyl sites for hydroxylation is 1. The summed E-state index contributed by atoms with van der Waals surface area (Å²) in [5.74, 6) is -0.139. The molecule has 0 aliphatic carbocycles. The van der Waals surface area contributed by atoms with Gasteiger partial charge in [0.25, 0.3) is 0 Å². The number of amides is 1. The van der Waals surface area contributed by atoms with Crippen molar-refractivity contribution in [3.63, 3.8) is 0 Å². The monoisotopic (exact) mass is 461 g/mol. The first kappa shape index (κ1) is 26.0. The minimum absolute atomic E-state index is 0.139. The van der Waals surface area contributed by atoms with Gasteiger partial charge in [-0.15, -0.1) is 0 Å². The second-order valence-electron chi connectivity index (χ2n) is 7.52. The van der Waals surface area contributed by atoms with Gasteiger partial charge in [-0.05, 0) is 49.2 Å². The van der Waals surface area contributed by atoms with Crippen molar-refractivity contribution in [2.24, 2.45) is 0 Å². The van der Waals surface area contributed by atoms with Crippen LogP contribution >= 0.6 is 0 Å². The minimum Gasteiger partial charge on any atom is -0.383 e. The topological polar surface area (TPSA) is 79.0 Å². The maximum Gasteiger partial charge on any atom is 0.243 e. The van der Waals surface area contributed by atoms with Gasteiger partial charge >= 0.3 is 0 Å². The lowest BCUT2D eigenvalue weighted by atomic mass is 10.1. The number of hydrogen-bond donors (Lipinski definition) is 1. The van der Waals surface area contributed by atoms with E-state index in [2.05, 4.69) is 22.3 Å². The van der Waals surface area contributed by atoms with Gasteiger partial charge in [0.15, 0.2) is 0 Å². The number of nitrogens with zero attached hydrogens (tertiary/aromatic N) is 2. The summed E-state index contributed by atoms with van der Waals surface area (Å²) < 4.78 is 31.8. The summed E-state index contributed by atoms with van der Waals surface area (Å²) >= 11 is 0. The van der Waals surface area contributed by atoms with Gasteiger partial charge in [0.1, 0.15) is 0 Å². The number of carbonyl (C=O) groups excluding carboxylic acids is 1. The smallest absolute Gasteiger partial charge is 0.243 e. The third-order valence-corrected chi connectivity index (χ3v) is 7.31. The van der Waals surface area contributed by atoms with Crippen molar-refractivity contribution in [2.75, 3.05) is 51.8 Å². The molecule has 1 amide bonds. The highest BCUT2D eigenvalue weighted by Gasteiger charge is 2.21. The Bertz CT molecular complexity index is 914. The number of rotatable bonds is 14. The summed E-state index contributed by atoms with van der Waals surface area (Å²) in [6.45, 7) is 6.70. The van der Waals surface area contributed by atoms with E-state index < -0.39 is 10.0 Å². The summed E-state index contributed by atoms with van der Waals surface area (Å²) in [7, 11) is -1.86. The molecule has 0 atom stereocenters. The first-order valence-electron chi connectivity index (χ1n) is 11.1. The Labute approximate surface area is 192 Å². The average Bonchev–Trinajstić information content (AvgIpc) is 2.79. The standard InChI is InChI=1S/C24H35N3O4S/c1-4-27(5-2)32(29,30)23-15-13-22(14-16-23)25-24(28)20-26(18-19-31-3)17-9-12-21-10-7-6-8-11-21/h6-8,10-11,13-16H,4-5,9,12,17-20H2,1-3H3,(H,25,28). The van der Waals surface area contributed by atoms with Crippen LogP contribution in [0.15, 0.2) is 59.5 Å². The Kier molecular flexibility index (Phi) is 10.8. The predicted octanol–water partition coefficient (Wildman–Crippen LogP) is 3.24. The maximum atomic E-state index is 12.6. The second kappa shape index (κ2) is 13.3. The normalized spacial score (nSPS) is 11.8. The van der Waals surface area contributed by atoms with Crippen LogP contribution in [0.25, 0.3) is 0 Å². The number of sulfonamides is 1. The van der Waals surface area contributed by atoms with Crippen molar-refractivity contribution in [1.29, 1.82) is 0 Å². The Balaban J connectivity index is 1.92. The minimum atomic E-state index is -3.51. The van der Waals surface area contributed by atoms with Crippen LogP contribution in [0.1, 0.15) is 25.8 Å². The molecular formula is C24H35N3O4S. The average molecular weight is 462 g/mol. The Morgan fingerprint density at radius 3 is 2.22 bits per heavy atom. The molecular weight excluding hydrogens is 426 g/mol. The van der Waals surface area contributed by atoms with Gasteiger partial charge in [-0.3, -0.25) is 9.69 Å². The molecule has 0 bridgehead atoms. The molecule has 2 rings (SSSR count). The number of methoxy groups -OCH3 is 1. The van der Waals surface area contributed by atoms with Crippen molar-refractivity contribution in [2.45, 2.75) is 31.6 Å². The van der Waals surface area contributed by atoms with Crippen LogP contribution in [-0.2, 0) is 26.0 Å². The number of nitrogens with one attached hydrogen (secondary N) is 1. The zero-order chi connectivity index (χ0) is 23.4. The summed E-state index contributed by atoms with van der Waals surface area (Å²) in [6.07, 6.45) is 1.90. The second-order valence-corrected chi connectivity index (χ2v) is 9.46. The molecule has 1 N–H and O–H groups in total. The van der Waals surface area contributed by atoms with Crippen LogP contribution in [-0.4, -0.2) is 70.0 Å². The van der Waals surface area contributed by atoms with Crippen LogP contribution in [0.5, 0.6) is 0 Å². The lowest BCUT2D eigenvalue weighted by molar-refractivity contribution is -0.117. The van der Waals surface area contributed by atoms with Gasteiger partial charge in [0.05, 0.1) is 18.0 Å². The number of anilines is 1. The van der Waals surface area contributed by atoms with E-state index >= 15 is 0 Å². The van der Waals surface area contributed by atoms with Crippen LogP contribution < -0.4 is 5.32 Å². The zero-order valence-electron chi connectivity index (χ0n) is 19.3. The molecule has 0 saturated heterocycles. The van der Waals surface area contributed by atoms with E-state index in [1.165, 1.54) is 22.0 Å². The molecule has 2 aromatic carbocycles. The van der Waals surface area contributed by atoms with Gasteiger partial charge in [0, 0.05) is 32.4 Å². The Hall–Kier alpha value is -2.26. The fourth-order valence-corrected chi connectivity index (χ4v) is 4.93. The van der Waals surface area contributed by atoms with Crippen LogP contribution in [0.4, 0.5) is 5.69 Å². The van der Waals surface area contributed by atoms with Crippen LogP contribution in [0, 0.1) is 0 Å². The third kappa shape index (κ3) is 8.02. The highest BCUT2D eigenvalue weighted by Crippen LogP contribution is 2.18. The molecule has 0 saturated carbocycles. The SMILES string of the molecule is CCN(CC)S(=O)(=O)c1ccc(NC(=O)CN(CCCc2ccccc2)CCOC)cc1. The molecule has 2 aromatic rings. The lowest BCUT2D eigenvalue weighted by Crippen LogP contribution is -2.36. The lowest BCUT2D eigenvalue weighted by Gasteiger charge is -2.21. The van der Waals surface area contributed by atoms with Crippen molar-refractivity contribution in [1.82, 2.24) is 9.21 Å². The van der Waals surface area contributed by atoms with E-state index in [0.717, 1.165) is 19.4 Å². The number of carbonyl (C=O) groups is 1. The molecule has 0 fully saturated rings. The third-order valence-electron chi connectivity index (χ3n) is 5.24. The Morgan fingerprint density at radius 2 is 1.62 bits per heavy atom. The highest BCUT2D eigenvalue weighted by atomic mass is 32.2. The van der Waals surface area contributed by atoms with Crippen molar-refractivity contribution >= 4 is 21.6 Å². The molecule has 0 spiro atoms. The summed E-state index contributed by atoms with van der Waals surface area (Å²) in [5.41, 5.74) is 1.85. The van der Waals surface area contributed by atoms with Crippen molar-refractivity contribution in [3.8, 4) is 0 Å². The van der Waals surface area contributed by atoms with Gasteiger partial charge in [0.2, 0.25) is 15.9 Å². The van der Waals surface area contributed by atoms with E-state index in [4.69, 9.17) is 4.74 Å². The molecule has 0 heterocycles. The van der Waals surface area contributed by atoms with E-state index in [9.17, 15) is 13.2 Å². The maximum absolute atomic E-state index is 12.6. The molecule has 0 radical (unpaired) electrons. The van der Waals surface area contributed by atoms with E-state index in [0.29, 0.717) is 31.9 Å². The summed E-state index contributed by atoms with van der Waals surface area (Å²) in [4.78, 5) is 14.9. The van der Waals surface area contributed by atoms with Gasteiger partial charge in [-0.2, -0.15) is 4.31 Å². The largest absolute Gasteiger partial charge is 0.383 e. The Morgan fingerprint density at radius 1 is 0.969 bits per heavy atom. The predicted molar refractivity (Wildman–Crippen MR) is 128 cm³/mol. The fourth-order valence-electron chi connectivity index (χ4n) is 3.47. The molecule has 0 aliphatic heterocycles. The molecule has 0 unspecified atom stereocenters. The number of benzene rings is 2.